The number of hydrogen-bond acceptors (Lipinski definition) is 5. The molecule has 1 aromatic heterocycles. The van der Waals surface area contributed by atoms with Crippen molar-refractivity contribution in [3.63, 3.8) is 0 Å². The molecule has 218 valence electrons. The summed E-state index contributed by atoms with van der Waals surface area (Å²) in [5.41, 5.74) is 2.82. The van der Waals surface area contributed by atoms with Crippen LogP contribution in [0, 0.1) is 10.1 Å². The largest absolute Gasteiger partial charge is 0.465 e. The van der Waals surface area contributed by atoms with Crippen molar-refractivity contribution in [2.75, 3.05) is 25.0 Å². The number of amides is 1. The number of nitrogens with zero attached hydrogens (tertiary/aromatic N) is 5. The predicted molar refractivity (Wildman–Crippen MR) is 170 cm³/mol. The fourth-order valence-corrected chi connectivity index (χ4v) is 6.81. The number of rotatable bonds is 7. The third-order valence-electron chi connectivity index (χ3n) is 8.41. The molecule has 0 radical (unpaired) electrons. The Bertz CT molecular complexity index is 1680. The van der Waals surface area contributed by atoms with E-state index in [1.54, 1.807) is 19.2 Å². The molecule has 1 amide bonds. The summed E-state index contributed by atoms with van der Waals surface area (Å²) in [5, 5.41) is 28.0. The number of fused-ring (bicyclic) bond motifs is 1. The molecule has 1 atom stereocenters. The van der Waals surface area contributed by atoms with Crippen molar-refractivity contribution >= 4 is 44.3 Å². The maximum atomic E-state index is 12.6. The molecule has 9 nitrogen and oxygen atoms in total. The van der Waals surface area contributed by atoms with Gasteiger partial charge >= 0.3 is 6.09 Å². The summed E-state index contributed by atoms with van der Waals surface area (Å²) in [6.45, 7) is 0.736. The molecule has 10 heteroatoms. The van der Waals surface area contributed by atoms with Crippen LogP contribution in [0.5, 0.6) is 0 Å². The van der Waals surface area contributed by atoms with Crippen LogP contribution in [0.15, 0.2) is 108 Å². The van der Waals surface area contributed by atoms with Gasteiger partial charge in [0.25, 0.3) is 5.69 Å². The zero-order chi connectivity index (χ0) is 30.1. The lowest BCUT2D eigenvalue weighted by molar-refractivity contribution is -0.384. The number of nitro groups is 1. The van der Waals surface area contributed by atoms with Gasteiger partial charge < -0.3 is 14.9 Å². The van der Waals surface area contributed by atoms with Crippen molar-refractivity contribution in [1.29, 1.82) is 0 Å². The number of anilines is 1. The molecular weight excluding hydrogens is 610 g/mol. The summed E-state index contributed by atoms with van der Waals surface area (Å²) in [6.07, 6.45) is 0.438. The lowest BCUT2D eigenvalue weighted by Gasteiger charge is -2.37. The number of halogens is 1. The number of benzene rings is 4. The third kappa shape index (κ3) is 4.91. The quantitative estimate of drug-likeness (QED) is 0.115. The van der Waals surface area contributed by atoms with Gasteiger partial charge in [-0.1, -0.05) is 91.0 Å². The Morgan fingerprint density at radius 3 is 2.00 bits per heavy atom. The molecule has 0 saturated carbocycles. The summed E-state index contributed by atoms with van der Waals surface area (Å²) in [4.78, 5) is 27.2. The van der Waals surface area contributed by atoms with Crippen LogP contribution in [0.2, 0.25) is 0 Å². The first-order chi connectivity index (χ1) is 20.8. The van der Waals surface area contributed by atoms with Gasteiger partial charge in [-0.2, -0.15) is 5.10 Å². The van der Waals surface area contributed by atoms with E-state index >= 15 is 0 Å². The van der Waals surface area contributed by atoms with Crippen LogP contribution in [0.1, 0.15) is 29.5 Å². The zero-order valence-corrected chi connectivity index (χ0v) is 25.1. The van der Waals surface area contributed by atoms with Crippen LogP contribution < -0.4 is 4.90 Å². The topological polar surface area (TPSA) is 105 Å². The van der Waals surface area contributed by atoms with Crippen LogP contribution in [-0.2, 0) is 5.54 Å². The number of likely N-dealkylation sites (tertiary alicyclic amines) is 1. The van der Waals surface area contributed by atoms with E-state index in [0.717, 1.165) is 23.1 Å². The van der Waals surface area contributed by atoms with E-state index < -0.39 is 11.6 Å². The number of carboxylic acid groups (broad SMARTS) is 1. The van der Waals surface area contributed by atoms with Crippen molar-refractivity contribution in [3.05, 3.63) is 135 Å². The molecule has 1 unspecified atom stereocenters. The molecule has 1 aliphatic rings. The molecule has 2 heterocycles. The molecule has 1 N–H and O–H groups in total. The maximum absolute atomic E-state index is 12.6. The van der Waals surface area contributed by atoms with E-state index in [2.05, 4.69) is 52.3 Å². The Morgan fingerprint density at radius 1 is 0.977 bits per heavy atom. The van der Waals surface area contributed by atoms with Crippen LogP contribution in [0.25, 0.3) is 10.9 Å². The molecular formula is C33H30BrN5O4. The monoisotopic (exact) mass is 639 g/mol. The fourth-order valence-electron chi connectivity index (χ4n) is 6.33. The second-order valence-electron chi connectivity index (χ2n) is 10.8. The van der Waals surface area contributed by atoms with Crippen molar-refractivity contribution in [2.24, 2.45) is 0 Å². The molecule has 5 aromatic rings. The number of piperidine rings is 1. The lowest BCUT2D eigenvalue weighted by Crippen LogP contribution is -2.48. The standard InChI is InChI=1S/C33H30BrN5O4/c1-36(26-18-11-19-37(22-26)32(40)41)29-20-27-28(21-30(29)39(42)43)38(35-31(27)34)33(23-12-5-2-6-13-23,24-14-7-3-8-15-24)25-16-9-4-10-17-25/h2-10,12-17,20-21,26H,11,18-19,22H2,1H3,(H,40,41). The summed E-state index contributed by atoms with van der Waals surface area (Å²) >= 11 is 3.69. The highest BCUT2D eigenvalue weighted by molar-refractivity contribution is 9.10. The van der Waals surface area contributed by atoms with Crippen LogP contribution >= 0.6 is 15.9 Å². The fraction of sp³-hybridized carbons (Fsp3) is 0.212. The maximum Gasteiger partial charge on any atom is 0.407 e. The highest BCUT2D eigenvalue weighted by atomic mass is 79.9. The van der Waals surface area contributed by atoms with E-state index in [9.17, 15) is 20.0 Å². The first-order valence-corrected chi connectivity index (χ1v) is 14.9. The molecule has 1 aliphatic heterocycles. The SMILES string of the molecule is CN(c1cc2c(Br)nn(C(c3ccccc3)(c3ccccc3)c3ccccc3)c2cc1[N+](=O)[O-])C1CCCN(C(=O)O)C1. The van der Waals surface area contributed by atoms with Crippen LogP contribution in [0.4, 0.5) is 16.2 Å². The molecule has 0 aliphatic carbocycles. The minimum Gasteiger partial charge on any atom is -0.465 e. The molecule has 0 bridgehead atoms. The minimum absolute atomic E-state index is 0.0702. The van der Waals surface area contributed by atoms with Crippen molar-refractivity contribution in [3.8, 4) is 0 Å². The smallest absolute Gasteiger partial charge is 0.407 e. The summed E-state index contributed by atoms with van der Waals surface area (Å²) in [5.74, 6) is 0. The van der Waals surface area contributed by atoms with Crippen LogP contribution in [-0.4, -0.2) is 57.0 Å². The van der Waals surface area contributed by atoms with E-state index in [-0.39, 0.29) is 23.2 Å². The first-order valence-electron chi connectivity index (χ1n) is 14.1. The second kappa shape index (κ2) is 11.5. The lowest BCUT2D eigenvalue weighted by atomic mass is 9.77. The van der Waals surface area contributed by atoms with Gasteiger partial charge in [0.15, 0.2) is 0 Å². The molecule has 0 spiro atoms. The number of nitro benzene ring substituents is 1. The molecule has 6 rings (SSSR count). The Hall–Kier alpha value is -4.70. The van der Waals surface area contributed by atoms with Gasteiger partial charge in [-0.3, -0.25) is 10.1 Å². The van der Waals surface area contributed by atoms with Gasteiger partial charge in [0.2, 0.25) is 0 Å². The van der Waals surface area contributed by atoms with Crippen molar-refractivity contribution in [2.45, 2.75) is 24.4 Å². The zero-order valence-electron chi connectivity index (χ0n) is 23.5. The van der Waals surface area contributed by atoms with E-state index in [0.29, 0.717) is 34.2 Å². The Morgan fingerprint density at radius 2 is 1.51 bits per heavy atom. The molecule has 1 fully saturated rings. The van der Waals surface area contributed by atoms with Gasteiger partial charge in [0, 0.05) is 37.6 Å². The first kappa shape index (κ1) is 28.4. The predicted octanol–water partition coefficient (Wildman–Crippen LogP) is 7.13. The van der Waals surface area contributed by atoms with Gasteiger partial charge in [0.1, 0.15) is 15.8 Å². The van der Waals surface area contributed by atoms with E-state index in [1.807, 2.05) is 64.2 Å². The number of aromatic nitrogens is 2. The van der Waals surface area contributed by atoms with Crippen molar-refractivity contribution < 1.29 is 14.8 Å². The molecule has 1 saturated heterocycles. The van der Waals surface area contributed by atoms with Gasteiger partial charge in [-0.25, -0.2) is 9.48 Å². The second-order valence-corrected chi connectivity index (χ2v) is 11.5. The van der Waals surface area contributed by atoms with Gasteiger partial charge in [-0.15, -0.1) is 0 Å². The normalized spacial score (nSPS) is 15.4. The summed E-state index contributed by atoms with van der Waals surface area (Å²) in [7, 11) is 1.80. The van der Waals surface area contributed by atoms with E-state index in [1.165, 1.54) is 4.90 Å². The van der Waals surface area contributed by atoms with Gasteiger partial charge in [0.05, 0.1) is 10.4 Å². The highest BCUT2D eigenvalue weighted by Crippen LogP contribution is 2.45. The van der Waals surface area contributed by atoms with Gasteiger partial charge in [-0.05, 0) is 51.5 Å². The van der Waals surface area contributed by atoms with Crippen LogP contribution in [0.3, 0.4) is 0 Å². The Balaban J connectivity index is 1.62. The highest BCUT2D eigenvalue weighted by Gasteiger charge is 2.41. The number of carbonyl (C=O) groups is 1. The number of likely N-dealkylation sites (N-methyl/N-ethyl adjacent to an activating group) is 1. The Labute approximate surface area is 257 Å². The van der Waals surface area contributed by atoms with Crippen molar-refractivity contribution in [1.82, 2.24) is 14.7 Å². The molecule has 43 heavy (non-hydrogen) atoms. The van der Waals surface area contributed by atoms with E-state index in [4.69, 9.17) is 5.10 Å². The molecule has 4 aromatic carbocycles. The average molecular weight is 641 g/mol. The Kier molecular flexibility index (Phi) is 7.62. The minimum atomic E-state index is -0.980. The summed E-state index contributed by atoms with van der Waals surface area (Å²) in [6, 6.07) is 33.3. The third-order valence-corrected chi connectivity index (χ3v) is 9.00. The number of hydrogen-bond donors (Lipinski definition) is 1. The summed E-state index contributed by atoms with van der Waals surface area (Å²) < 4.78 is 2.44. The average Bonchev–Trinajstić information content (AvgIpc) is 3.37.